The first kappa shape index (κ1) is 19.5. The Bertz CT molecular complexity index is 1170. The van der Waals surface area contributed by atoms with Crippen LogP contribution in [0.3, 0.4) is 0 Å². The van der Waals surface area contributed by atoms with Gasteiger partial charge >= 0.3 is 5.97 Å². The van der Waals surface area contributed by atoms with Gasteiger partial charge in [0.05, 0.1) is 5.56 Å². The van der Waals surface area contributed by atoms with Gasteiger partial charge in [0.25, 0.3) is 11.8 Å². The molecule has 0 unspecified atom stereocenters. The van der Waals surface area contributed by atoms with Crippen molar-refractivity contribution in [2.45, 2.75) is 26.2 Å². The molecule has 150 valence electrons. The van der Waals surface area contributed by atoms with Crippen LogP contribution in [0.4, 0.5) is 9.39 Å². The van der Waals surface area contributed by atoms with Crippen LogP contribution in [0.2, 0.25) is 0 Å². The first-order valence-corrected chi connectivity index (χ1v) is 10.6. The van der Waals surface area contributed by atoms with E-state index in [1.54, 1.807) is 19.1 Å². The SMILES string of the molecule is Cc1c(C(=O)OCC(=O)Nc2sc3c(c2C(N)=O)CCC3)sc2cccc(F)c12. The van der Waals surface area contributed by atoms with Crippen molar-refractivity contribution in [3.05, 3.63) is 50.5 Å². The van der Waals surface area contributed by atoms with Crippen molar-refractivity contribution >= 4 is 55.5 Å². The summed E-state index contributed by atoms with van der Waals surface area (Å²) >= 11 is 2.45. The molecule has 0 atom stereocenters. The molecule has 1 aliphatic rings. The second-order valence-electron chi connectivity index (χ2n) is 6.72. The van der Waals surface area contributed by atoms with Crippen LogP contribution in [0.25, 0.3) is 10.1 Å². The molecule has 0 bridgehead atoms. The van der Waals surface area contributed by atoms with Crippen molar-refractivity contribution in [1.29, 1.82) is 0 Å². The number of ether oxygens (including phenoxy) is 1. The zero-order chi connectivity index (χ0) is 20.7. The topological polar surface area (TPSA) is 98.5 Å². The lowest BCUT2D eigenvalue weighted by atomic mass is 10.1. The molecule has 2 heterocycles. The van der Waals surface area contributed by atoms with Gasteiger partial charge in [-0.2, -0.15) is 0 Å². The van der Waals surface area contributed by atoms with E-state index in [0.717, 1.165) is 41.0 Å². The monoisotopic (exact) mass is 432 g/mol. The van der Waals surface area contributed by atoms with Crippen LogP contribution in [0.15, 0.2) is 18.2 Å². The van der Waals surface area contributed by atoms with Gasteiger partial charge in [0.15, 0.2) is 6.61 Å². The van der Waals surface area contributed by atoms with Crippen LogP contribution in [-0.4, -0.2) is 24.4 Å². The molecule has 4 rings (SSSR count). The highest BCUT2D eigenvalue weighted by Crippen LogP contribution is 2.39. The Morgan fingerprint density at radius 3 is 2.76 bits per heavy atom. The predicted octanol–water partition coefficient (Wildman–Crippen LogP) is 3.79. The maximum absolute atomic E-state index is 14.0. The van der Waals surface area contributed by atoms with Gasteiger partial charge in [0.2, 0.25) is 0 Å². The number of benzene rings is 1. The molecule has 6 nitrogen and oxygen atoms in total. The number of amides is 2. The number of primary amides is 1. The molecule has 9 heteroatoms. The fraction of sp³-hybridized carbons (Fsp3) is 0.250. The van der Waals surface area contributed by atoms with Gasteiger partial charge in [-0.05, 0) is 49.4 Å². The van der Waals surface area contributed by atoms with E-state index in [9.17, 15) is 18.8 Å². The standard InChI is InChI=1S/C20H17FN2O4S2/c1-9-15-11(21)5-3-7-13(15)28-17(9)20(26)27-8-14(24)23-19-16(18(22)25)10-4-2-6-12(10)29-19/h3,5,7H,2,4,6,8H2,1H3,(H2,22,25)(H,23,24). The van der Waals surface area contributed by atoms with Crippen molar-refractivity contribution in [1.82, 2.24) is 0 Å². The maximum Gasteiger partial charge on any atom is 0.349 e. The van der Waals surface area contributed by atoms with Gasteiger partial charge in [-0.1, -0.05) is 6.07 Å². The van der Waals surface area contributed by atoms with Crippen LogP contribution in [0.1, 0.15) is 42.5 Å². The molecule has 0 saturated carbocycles. The molecule has 1 aromatic carbocycles. The van der Waals surface area contributed by atoms with Crippen LogP contribution in [0, 0.1) is 12.7 Å². The summed E-state index contributed by atoms with van der Waals surface area (Å²) in [5, 5.41) is 3.40. The van der Waals surface area contributed by atoms with E-state index in [4.69, 9.17) is 10.5 Å². The number of hydrogen-bond acceptors (Lipinski definition) is 6. The lowest BCUT2D eigenvalue weighted by molar-refractivity contribution is -0.119. The number of hydrogen-bond donors (Lipinski definition) is 2. The average molecular weight is 432 g/mol. The van der Waals surface area contributed by atoms with E-state index in [1.807, 2.05) is 0 Å². The van der Waals surface area contributed by atoms with Crippen LogP contribution in [0.5, 0.6) is 0 Å². The number of esters is 1. The Morgan fingerprint density at radius 1 is 1.24 bits per heavy atom. The lowest BCUT2D eigenvalue weighted by Gasteiger charge is -2.07. The Hall–Kier alpha value is -2.78. The molecule has 0 aliphatic heterocycles. The Morgan fingerprint density at radius 2 is 2.03 bits per heavy atom. The summed E-state index contributed by atoms with van der Waals surface area (Å²) in [6.07, 6.45) is 2.58. The molecule has 29 heavy (non-hydrogen) atoms. The number of carbonyl (C=O) groups is 3. The molecule has 0 spiro atoms. The summed E-state index contributed by atoms with van der Waals surface area (Å²) in [6.45, 7) is 1.13. The van der Waals surface area contributed by atoms with Gasteiger partial charge in [-0.3, -0.25) is 9.59 Å². The second-order valence-corrected chi connectivity index (χ2v) is 8.88. The first-order chi connectivity index (χ1) is 13.9. The van der Waals surface area contributed by atoms with Crippen molar-refractivity contribution in [3.8, 4) is 0 Å². The van der Waals surface area contributed by atoms with E-state index in [-0.39, 0.29) is 4.88 Å². The van der Waals surface area contributed by atoms with E-state index >= 15 is 0 Å². The summed E-state index contributed by atoms with van der Waals surface area (Å²) in [7, 11) is 0. The summed E-state index contributed by atoms with van der Waals surface area (Å²) in [6, 6.07) is 4.63. The molecular weight excluding hydrogens is 415 g/mol. The number of rotatable bonds is 5. The average Bonchev–Trinajstić information content (AvgIpc) is 3.33. The third kappa shape index (κ3) is 3.51. The second kappa shape index (κ2) is 7.57. The number of nitrogens with two attached hydrogens (primary N) is 1. The van der Waals surface area contributed by atoms with E-state index in [0.29, 0.717) is 26.2 Å². The number of halogens is 1. The number of anilines is 1. The number of thiophene rings is 2. The Balaban J connectivity index is 1.46. The number of nitrogens with one attached hydrogen (secondary N) is 1. The highest BCUT2D eigenvalue weighted by molar-refractivity contribution is 7.21. The Kier molecular flexibility index (Phi) is 5.10. The fourth-order valence-electron chi connectivity index (χ4n) is 3.56. The largest absolute Gasteiger partial charge is 0.451 e. The molecule has 1 aliphatic carbocycles. The normalized spacial score (nSPS) is 12.8. The highest BCUT2D eigenvalue weighted by Gasteiger charge is 2.26. The number of fused-ring (bicyclic) bond motifs is 2. The molecule has 2 amide bonds. The van der Waals surface area contributed by atoms with Gasteiger partial charge in [-0.25, -0.2) is 9.18 Å². The highest BCUT2D eigenvalue weighted by atomic mass is 32.1. The lowest BCUT2D eigenvalue weighted by Crippen LogP contribution is -2.22. The van der Waals surface area contributed by atoms with Crippen molar-refractivity contribution < 1.29 is 23.5 Å². The predicted molar refractivity (Wildman–Crippen MR) is 110 cm³/mol. The van der Waals surface area contributed by atoms with Crippen molar-refractivity contribution in [3.63, 3.8) is 0 Å². The number of aryl methyl sites for hydroxylation is 2. The zero-order valence-corrected chi connectivity index (χ0v) is 17.1. The first-order valence-electron chi connectivity index (χ1n) is 8.95. The summed E-state index contributed by atoms with van der Waals surface area (Å²) in [5.41, 5.74) is 7.20. The quantitative estimate of drug-likeness (QED) is 0.599. The van der Waals surface area contributed by atoms with Gasteiger partial charge in [0.1, 0.15) is 15.7 Å². The smallest absolute Gasteiger partial charge is 0.349 e. The Labute approximate surface area is 173 Å². The molecule has 3 N–H and O–H groups in total. The van der Waals surface area contributed by atoms with E-state index in [1.165, 1.54) is 17.4 Å². The van der Waals surface area contributed by atoms with Crippen LogP contribution in [-0.2, 0) is 22.4 Å². The summed E-state index contributed by atoms with van der Waals surface area (Å²) < 4.78 is 19.8. The van der Waals surface area contributed by atoms with Gasteiger partial charge in [-0.15, -0.1) is 22.7 Å². The minimum absolute atomic E-state index is 0.255. The van der Waals surface area contributed by atoms with E-state index < -0.39 is 30.2 Å². The maximum atomic E-state index is 14.0. The third-order valence-corrected chi connectivity index (χ3v) is 7.29. The summed E-state index contributed by atoms with van der Waals surface area (Å²) in [4.78, 5) is 37.8. The van der Waals surface area contributed by atoms with Gasteiger partial charge in [0, 0.05) is 15.0 Å². The van der Waals surface area contributed by atoms with Crippen molar-refractivity contribution in [2.24, 2.45) is 5.73 Å². The summed E-state index contributed by atoms with van der Waals surface area (Å²) in [5.74, 6) is -2.25. The number of carbonyl (C=O) groups excluding carboxylic acids is 3. The molecule has 0 saturated heterocycles. The molecule has 3 aromatic rings. The minimum Gasteiger partial charge on any atom is -0.451 e. The molecule has 0 fully saturated rings. The van der Waals surface area contributed by atoms with Crippen LogP contribution < -0.4 is 11.1 Å². The fourth-order valence-corrected chi connectivity index (χ4v) is 5.99. The molecule has 0 radical (unpaired) electrons. The zero-order valence-electron chi connectivity index (χ0n) is 15.5. The van der Waals surface area contributed by atoms with Crippen LogP contribution >= 0.6 is 22.7 Å². The third-order valence-electron chi connectivity index (χ3n) is 4.84. The minimum atomic E-state index is -0.693. The molecule has 2 aromatic heterocycles. The molecular formula is C20H17FN2O4S2. The van der Waals surface area contributed by atoms with Crippen molar-refractivity contribution in [2.75, 3.05) is 11.9 Å². The van der Waals surface area contributed by atoms with E-state index in [2.05, 4.69) is 5.32 Å². The van der Waals surface area contributed by atoms with Gasteiger partial charge < -0.3 is 15.8 Å².